The van der Waals surface area contributed by atoms with Crippen molar-refractivity contribution < 1.29 is 24.9 Å². The first-order valence-electron chi connectivity index (χ1n) is 10.8. The van der Waals surface area contributed by atoms with Crippen molar-refractivity contribution in [2.75, 3.05) is 33.6 Å². The molecule has 4 rings (SSSR count). The monoisotopic (exact) mass is 502 g/mol. The zero-order valence-electron chi connectivity index (χ0n) is 19.5. The average molecular weight is 503 g/mol. The van der Waals surface area contributed by atoms with Crippen molar-refractivity contribution in [3.05, 3.63) is 90.0 Å². The van der Waals surface area contributed by atoms with Crippen LogP contribution in [0.15, 0.2) is 78.9 Å². The summed E-state index contributed by atoms with van der Waals surface area (Å²) in [7, 11) is 0. The van der Waals surface area contributed by atoms with Gasteiger partial charge in [0.1, 0.15) is 17.2 Å². The van der Waals surface area contributed by atoms with Crippen LogP contribution in [0.3, 0.4) is 0 Å². The molecular formula is C26H26N6O5. The number of benzene rings is 4. The van der Waals surface area contributed by atoms with Crippen molar-refractivity contribution in [1.82, 2.24) is 0 Å². The van der Waals surface area contributed by atoms with E-state index in [9.17, 15) is 24.9 Å². The topological polar surface area (TPSA) is 223 Å². The number of anilines is 6. The third kappa shape index (κ3) is 6.96. The van der Waals surface area contributed by atoms with Crippen molar-refractivity contribution in [3.8, 4) is 17.2 Å². The highest BCUT2D eigenvalue weighted by atomic mass is 16.3. The first-order valence-corrected chi connectivity index (χ1v) is 10.8. The van der Waals surface area contributed by atoms with Crippen LogP contribution in [0, 0.1) is 0 Å². The van der Waals surface area contributed by atoms with Gasteiger partial charge in [0, 0.05) is 40.3 Å². The summed E-state index contributed by atoms with van der Waals surface area (Å²) in [6.07, 6.45) is 0. The van der Waals surface area contributed by atoms with E-state index in [0.717, 1.165) is 6.07 Å². The second-order valence-electron chi connectivity index (χ2n) is 7.86. The first-order chi connectivity index (χ1) is 17.5. The van der Waals surface area contributed by atoms with Crippen molar-refractivity contribution in [1.29, 1.82) is 0 Å². The molecule has 0 aliphatic carbocycles. The standard InChI is InChI=1S/C13H13N3O3.C13H13N3O2/c14-8-3-1-7(2-4-8)13(19)16-10-6-11(17)9(15)5-12(10)18;14-9-3-1-8(2-4-9)13(18)16-11-7-10(15)5-6-12(11)17/h1-6,17-18H,14-15H2,(H,16,19);1-7,17H,14-15H2,(H,16,18). The molecule has 11 heteroatoms. The first kappa shape index (κ1) is 26.0. The molecule has 0 unspecified atom stereocenters. The van der Waals surface area contributed by atoms with Crippen LogP contribution in [-0.4, -0.2) is 27.1 Å². The highest BCUT2D eigenvalue weighted by Gasteiger charge is 2.12. The van der Waals surface area contributed by atoms with Gasteiger partial charge >= 0.3 is 0 Å². The summed E-state index contributed by atoms with van der Waals surface area (Å²) in [6, 6.07) is 19.6. The summed E-state index contributed by atoms with van der Waals surface area (Å²) >= 11 is 0. The Labute approximate surface area is 212 Å². The van der Waals surface area contributed by atoms with Crippen LogP contribution in [-0.2, 0) is 0 Å². The molecule has 4 aromatic carbocycles. The van der Waals surface area contributed by atoms with Gasteiger partial charge in [-0.3, -0.25) is 9.59 Å². The van der Waals surface area contributed by atoms with E-state index in [1.54, 1.807) is 54.6 Å². The minimum Gasteiger partial charge on any atom is -0.506 e. The Morgan fingerprint density at radius 2 is 0.946 bits per heavy atom. The molecular weight excluding hydrogens is 476 g/mol. The zero-order valence-corrected chi connectivity index (χ0v) is 19.5. The Kier molecular flexibility index (Phi) is 7.90. The van der Waals surface area contributed by atoms with E-state index in [1.807, 2.05) is 0 Å². The average Bonchev–Trinajstić information content (AvgIpc) is 2.86. The molecule has 0 bridgehead atoms. The highest BCUT2D eigenvalue weighted by molar-refractivity contribution is 6.06. The fourth-order valence-electron chi connectivity index (χ4n) is 3.00. The van der Waals surface area contributed by atoms with Gasteiger partial charge in [0.25, 0.3) is 11.8 Å². The summed E-state index contributed by atoms with van der Waals surface area (Å²) < 4.78 is 0. The molecule has 0 saturated carbocycles. The maximum absolute atomic E-state index is 11.9. The fourth-order valence-corrected chi connectivity index (χ4v) is 3.00. The third-order valence-corrected chi connectivity index (χ3v) is 5.01. The lowest BCUT2D eigenvalue weighted by Crippen LogP contribution is -2.12. The molecule has 11 nitrogen and oxygen atoms in total. The van der Waals surface area contributed by atoms with E-state index in [4.69, 9.17) is 22.9 Å². The number of aromatic hydroxyl groups is 3. The molecule has 37 heavy (non-hydrogen) atoms. The molecule has 0 spiro atoms. The number of nitrogen functional groups attached to an aromatic ring is 4. The summed E-state index contributed by atoms with van der Waals surface area (Å²) in [5, 5.41) is 33.7. The Bertz CT molecular complexity index is 1420. The molecule has 0 aromatic heterocycles. The van der Waals surface area contributed by atoms with Gasteiger partial charge in [-0.2, -0.15) is 0 Å². The lowest BCUT2D eigenvalue weighted by atomic mass is 10.2. The Morgan fingerprint density at radius 1 is 0.514 bits per heavy atom. The lowest BCUT2D eigenvalue weighted by molar-refractivity contribution is 0.101. The van der Waals surface area contributed by atoms with Gasteiger partial charge in [-0.25, -0.2) is 0 Å². The molecule has 0 atom stereocenters. The minimum absolute atomic E-state index is 0.0305. The number of hydrogen-bond donors (Lipinski definition) is 9. The number of carbonyl (C=O) groups is 2. The second-order valence-corrected chi connectivity index (χ2v) is 7.86. The van der Waals surface area contributed by atoms with Crippen LogP contribution in [0.5, 0.6) is 17.2 Å². The van der Waals surface area contributed by atoms with E-state index in [0.29, 0.717) is 28.2 Å². The van der Waals surface area contributed by atoms with Gasteiger partial charge in [-0.1, -0.05) is 0 Å². The predicted molar refractivity (Wildman–Crippen MR) is 144 cm³/mol. The molecule has 0 aliphatic heterocycles. The normalized spacial score (nSPS) is 10.1. The van der Waals surface area contributed by atoms with Crippen LogP contribution in [0.25, 0.3) is 0 Å². The number of amides is 2. The molecule has 2 amide bonds. The predicted octanol–water partition coefficient (Wildman–Crippen LogP) is 3.32. The maximum atomic E-state index is 11.9. The quantitative estimate of drug-likeness (QED) is 0.113. The molecule has 190 valence electrons. The summed E-state index contributed by atoms with van der Waals surface area (Å²) in [4.78, 5) is 23.8. The lowest BCUT2D eigenvalue weighted by Gasteiger charge is -2.09. The van der Waals surface area contributed by atoms with Crippen LogP contribution < -0.4 is 33.6 Å². The van der Waals surface area contributed by atoms with Crippen molar-refractivity contribution >= 4 is 45.9 Å². The summed E-state index contributed by atoms with van der Waals surface area (Å²) in [5.41, 5.74) is 24.8. The van der Waals surface area contributed by atoms with Crippen molar-refractivity contribution in [2.45, 2.75) is 0 Å². The Balaban J connectivity index is 0.000000206. The molecule has 0 saturated heterocycles. The van der Waals surface area contributed by atoms with Gasteiger partial charge in [0.2, 0.25) is 0 Å². The number of rotatable bonds is 4. The van der Waals surface area contributed by atoms with E-state index in [-0.39, 0.29) is 40.2 Å². The number of hydrogen-bond acceptors (Lipinski definition) is 9. The van der Waals surface area contributed by atoms with Crippen LogP contribution in [0.2, 0.25) is 0 Å². The van der Waals surface area contributed by atoms with E-state index in [1.165, 1.54) is 18.2 Å². The second kappa shape index (κ2) is 11.2. The van der Waals surface area contributed by atoms with Gasteiger partial charge in [0.05, 0.1) is 17.1 Å². The van der Waals surface area contributed by atoms with Gasteiger partial charge in [-0.15, -0.1) is 0 Å². The van der Waals surface area contributed by atoms with Crippen LogP contribution >= 0.6 is 0 Å². The maximum Gasteiger partial charge on any atom is 0.255 e. The zero-order chi connectivity index (χ0) is 27.1. The van der Waals surface area contributed by atoms with Crippen LogP contribution in [0.1, 0.15) is 20.7 Å². The number of nitrogens with two attached hydrogens (primary N) is 4. The molecule has 0 fully saturated rings. The molecule has 0 aliphatic rings. The summed E-state index contributed by atoms with van der Waals surface area (Å²) in [5.74, 6) is -1.24. The van der Waals surface area contributed by atoms with Crippen molar-refractivity contribution in [3.63, 3.8) is 0 Å². The van der Waals surface area contributed by atoms with Crippen molar-refractivity contribution in [2.24, 2.45) is 0 Å². The third-order valence-electron chi connectivity index (χ3n) is 5.01. The largest absolute Gasteiger partial charge is 0.506 e. The number of phenols is 3. The van der Waals surface area contributed by atoms with Crippen LogP contribution in [0.4, 0.5) is 34.1 Å². The van der Waals surface area contributed by atoms with Gasteiger partial charge < -0.3 is 48.9 Å². The molecule has 13 N–H and O–H groups in total. The Morgan fingerprint density at radius 3 is 1.43 bits per heavy atom. The summed E-state index contributed by atoms with van der Waals surface area (Å²) in [6.45, 7) is 0. The number of carbonyl (C=O) groups excluding carboxylic acids is 2. The number of phenolic OH excluding ortho intramolecular Hbond substituents is 3. The molecule has 0 heterocycles. The number of nitrogens with one attached hydrogen (secondary N) is 2. The SMILES string of the molecule is Nc1ccc(C(=O)Nc2cc(N)ccc2O)cc1.Nc1ccc(C(=O)Nc2cc(O)c(N)cc2O)cc1. The minimum atomic E-state index is -0.431. The fraction of sp³-hybridized carbons (Fsp3) is 0. The molecule has 0 radical (unpaired) electrons. The smallest absolute Gasteiger partial charge is 0.255 e. The van der Waals surface area contributed by atoms with E-state index < -0.39 is 5.91 Å². The van der Waals surface area contributed by atoms with Gasteiger partial charge in [-0.05, 0) is 66.7 Å². The van der Waals surface area contributed by atoms with Gasteiger partial charge in [0.15, 0.2) is 0 Å². The molecule has 4 aromatic rings. The Hall–Kier alpha value is -5.58. The van der Waals surface area contributed by atoms with E-state index >= 15 is 0 Å². The highest BCUT2D eigenvalue weighted by Crippen LogP contribution is 2.33. The van der Waals surface area contributed by atoms with E-state index in [2.05, 4.69) is 10.6 Å².